The Kier molecular flexibility index (Phi) is 7.70. The van der Waals surface area contributed by atoms with Gasteiger partial charge in [0.1, 0.15) is 0 Å². The van der Waals surface area contributed by atoms with Crippen molar-refractivity contribution in [3.8, 4) is 0 Å². The van der Waals surface area contributed by atoms with Gasteiger partial charge in [0.15, 0.2) is 0 Å². The summed E-state index contributed by atoms with van der Waals surface area (Å²) in [6.07, 6.45) is 0. The maximum absolute atomic E-state index is 5.45. The molecular formula is C7H10BCl2N. The Morgan fingerprint density at radius 2 is 1.55 bits per heavy atom. The molecule has 4 heteroatoms. The largest absolute Gasteiger partial charge is 0.427 e. The van der Waals surface area contributed by atoms with Crippen molar-refractivity contribution in [2.75, 3.05) is 11.9 Å². The molecule has 0 amide bonds. The van der Waals surface area contributed by atoms with Crippen LogP contribution in [-0.2, 0) is 0 Å². The highest BCUT2D eigenvalue weighted by Crippen LogP contribution is 2.06. The predicted octanol–water partition coefficient (Wildman–Crippen LogP) is 2.05. The summed E-state index contributed by atoms with van der Waals surface area (Å²) in [5.74, 6) is 0. The van der Waals surface area contributed by atoms with Crippen LogP contribution >= 0.6 is 24.8 Å². The number of anilines is 1. The smallest absolute Gasteiger partial charge is 0.226 e. The van der Waals surface area contributed by atoms with Gasteiger partial charge in [0.2, 0.25) is 7.98 Å². The Morgan fingerprint density at radius 3 is 1.82 bits per heavy atom. The molecule has 0 aliphatic rings. The fourth-order valence-corrected chi connectivity index (χ4v) is 0.663. The Bertz CT molecular complexity index is 179. The van der Waals surface area contributed by atoms with E-state index in [4.69, 9.17) is 7.98 Å². The number of hydrogen-bond donors (Lipinski definition) is 0. The summed E-state index contributed by atoms with van der Waals surface area (Å²) in [5, 5.41) is 0. The monoisotopic (exact) mass is 189 g/mol. The predicted molar refractivity (Wildman–Crippen MR) is 55.1 cm³/mol. The molecule has 0 fully saturated rings. The quantitative estimate of drug-likeness (QED) is 0.612. The average Bonchev–Trinajstić information content (AvgIpc) is 1.90. The maximum atomic E-state index is 5.45. The van der Waals surface area contributed by atoms with Crippen molar-refractivity contribution in [3.63, 3.8) is 0 Å². The van der Waals surface area contributed by atoms with Gasteiger partial charge in [-0.05, 0) is 19.2 Å². The molecule has 0 N–H and O–H groups in total. The van der Waals surface area contributed by atoms with Gasteiger partial charge in [0.25, 0.3) is 0 Å². The molecule has 0 aliphatic carbocycles. The van der Waals surface area contributed by atoms with Gasteiger partial charge >= 0.3 is 0 Å². The lowest BCUT2D eigenvalue weighted by Gasteiger charge is -2.11. The van der Waals surface area contributed by atoms with E-state index in [2.05, 4.69) is 0 Å². The van der Waals surface area contributed by atoms with Gasteiger partial charge in [-0.15, -0.1) is 24.8 Å². The zero-order valence-electron chi connectivity index (χ0n) is 6.23. The molecule has 0 unspecified atom stereocenters. The number of hydrogen-bond acceptors (Lipinski definition) is 1. The van der Waals surface area contributed by atoms with Gasteiger partial charge in [-0.3, -0.25) is 0 Å². The molecule has 0 spiro atoms. The molecule has 0 heterocycles. The van der Waals surface area contributed by atoms with E-state index in [9.17, 15) is 0 Å². The van der Waals surface area contributed by atoms with Gasteiger partial charge in [0.05, 0.1) is 0 Å². The van der Waals surface area contributed by atoms with Crippen LogP contribution in [0.1, 0.15) is 0 Å². The van der Waals surface area contributed by atoms with E-state index >= 15 is 0 Å². The zero-order valence-corrected chi connectivity index (χ0v) is 7.86. The summed E-state index contributed by atoms with van der Waals surface area (Å²) in [7, 11) is 7.26. The van der Waals surface area contributed by atoms with E-state index < -0.39 is 0 Å². The highest BCUT2D eigenvalue weighted by Gasteiger charge is 1.87. The Balaban J connectivity index is 0. The normalized spacial score (nSPS) is 7.36. The molecule has 0 saturated carbocycles. The van der Waals surface area contributed by atoms with Crippen LogP contribution < -0.4 is 4.81 Å². The number of rotatable bonds is 1. The third kappa shape index (κ3) is 4.17. The van der Waals surface area contributed by atoms with Crippen molar-refractivity contribution in [1.82, 2.24) is 0 Å². The molecule has 60 valence electrons. The van der Waals surface area contributed by atoms with Crippen LogP contribution in [0.5, 0.6) is 0 Å². The van der Waals surface area contributed by atoms with Gasteiger partial charge in [0, 0.05) is 5.69 Å². The van der Waals surface area contributed by atoms with Crippen molar-refractivity contribution in [3.05, 3.63) is 30.3 Å². The van der Waals surface area contributed by atoms with E-state index in [1.54, 1.807) is 4.81 Å². The van der Waals surface area contributed by atoms with E-state index in [1.807, 2.05) is 37.4 Å². The molecule has 0 atom stereocenters. The number of nitrogens with zero attached hydrogens (tertiary/aromatic N) is 1. The van der Waals surface area contributed by atoms with Crippen LogP contribution in [0.25, 0.3) is 0 Å². The second-order valence-electron chi connectivity index (χ2n) is 1.95. The minimum Gasteiger partial charge on any atom is -0.427 e. The van der Waals surface area contributed by atoms with E-state index in [-0.39, 0.29) is 24.8 Å². The average molecular weight is 190 g/mol. The van der Waals surface area contributed by atoms with Crippen LogP contribution in [0.2, 0.25) is 0 Å². The number of para-hydroxylation sites is 1. The third-order valence-corrected chi connectivity index (χ3v) is 1.16. The summed E-state index contributed by atoms with van der Waals surface area (Å²) in [4.78, 5) is 1.58. The van der Waals surface area contributed by atoms with Crippen molar-refractivity contribution in [2.45, 2.75) is 0 Å². The minimum absolute atomic E-state index is 0. The summed E-state index contributed by atoms with van der Waals surface area (Å²) in [5.41, 5.74) is 1.03. The first kappa shape index (κ1) is 13.3. The molecule has 11 heavy (non-hydrogen) atoms. The lowest BCUT2D eigenvalue weighted by molar-refractivity contribution is 1.34. The van der Waals surface area contributed by atoms with Gasteiger partial charge in [-0.25, -0.2) is 0 Å². The van der Waals surface area contributed by atoms with Crippen molar-refractivity contribution >= 4 is 38.5 Å². The lowest BCUT2D eigenvalue weighted by Crippen LogP contribution is -2.10. The summed E-state index contributed by atoms with van der Waals surface area (Å²) in [6, 6.07) is 9.80. The summed E-state index contributed by atoms with van der Waals surface area (Å²) in [6.45, 7) is 0. The van der Waals surface area contributed by atoms with E-state index in [0.717, 1.165) is 5.69 Å². The van der Waals surface area contributed by atoms with Crippen molar-refractivity contribution in [2.24, 2.45) is 0 Å². The number of halogens is 2. The first-order chi connectivity index (χ1) is 4.30. The molecule has 1 nitrogen and oxygen atoms in total. The standard InChI is InChI=1S/C7H8BN.2ClH/c1-9(8)7-5-3-2-4-6-7;;/h2-6H,1H3;2*1H. The topological polar surface area (TPSA) is 3.24 Å². The highest BCUT2D eigenvalue weighted by molar-refractivity contribution is 6.17. The molecular weight excluding hydrogens is 180 g/mol. The molecule has 0 bridgehead atoms. The molecule has 0 aromatic heterocycles. The molecule has 1 aromatic carbocycles. The first-order valence-electron chi connectivity index (χ1n) is 2.84. The van der Waals surface area contributed by atoms with Gasteiger partial charge in [-0.1, -0.05) is 18.2 Å². The highest BCUT2D eigenvalue weighted by atomic mass is 35.5. The Hall–Kier alpha value is -0.335. The van der Waals surface area contributed by atoms with Crippen molar-refractivity contribution < 1.29 is 0 Å². The molecule has 2 radical (unpaired) electrons. The van der Waals surface area contributed by atoms with Gasteiger partial charge in [-0.2, -0.15) is 0 Å². The van der Waals surface area contributed by atoms with Crippen LogP contribution in [0.15, 0.2) is 30.3 Å². The summed E-state index contributed by atoms with van der Waals surface area (Å²) >= 11 is 0. The van der Waals surface area contributed by atoms with Crippen LogP contribution in [0.3, 0.4) is 0 Å². The Labute approximate surface area is 81.0 Å². The fourth-order valence-electron chi connectivity index (χ4n) is 0.663. The van der Waals surface area contributed by atoms with Crippen LogP contribution in [-0.4, -0.2) is 15.0 Å². The summed E-state index contributed by atoms with van der Waals surface area (Å²) < 4.78 is 0. The first-order valence-corrected chi connectivity index (χ1v) is 2.84. The van der Waals surface area contributed by atoms with Crippen LogP contribution in [0, 0.1) is 0 Å². The maximum Gasteiger partial charge on any atom is 0.226 e. The second kappa shape index (κ2) is 6.38. The van der Waals surface area contributed by atoms with E-state index in [1.165, 1.54) is 0 Å². The fraction of sp³-hybridized carbons (Fsp3) is 0.143. The van der Waals surface area contributed by atoms with Crippen molar-refractivity contribution in [1.29, 1.82) is 0 Å². The molecule has 0 saturated heterocycles. The SMILES string of the molecule is Cl.Cl.[B]N(C)c1ccccc1. The second-order valence-corrected chi connectivity index (χ2v) is 1.95. The zero-order chi connectivity index (χ0) is 6.69. The molecule has 1 rings (SSSR count). The molecule has 0 aliphatic heterocycles. The minimum atomic E-state index is 0. The Morgan fingerprint density at radius 1 is 1.09 bits per heavy atom. The number of benzene rings is 1. The third-order valence-electron chi connectivity index (χ3n) is 1.16. The lowest BCUT2D eigenvalue weighted by atomic mass is 10.2. The van der Waals surface area contributed by atoms with E-state index in [0.29, 0.717) is 0 Å². The molecule has 1 aromatic rings. The van der Waals surface area contributed by atoms with Gasteiger partial charge < -0.3 is 4.81 Å². The van der Waals surface area contributed by atoms with Crippen LogP contribution in [0.4, 0.5) is 5.69 Å².